The number of carbonyl (C=O) groups excluding carboxylic acids is 2. The quantitative estimate of drug-likeness (QED) is 0.828. The lowest BCUT2D eigenvalue weighted by molar-refractivity contribution is -0.140. The number of furan rings is 1. The topological polar surface area (TPSA) is 81.4 Å². The van der Waals surface area contributed by atoms with Crippen LogP contribution in [0.5, 0.6) is 0 Å². The van der Waals surface area contributed by atoms with Crippen LogP contribution in [0.25, 0.3) is 0 Å². The molecule has 6 nitrogen and oxygen atoms in total. The summed E-state index contributed by atoms with van der Waals surface area (Å²) in [6.07, 6.45) is 4.53. The Bertz CT molecular complexity index is 577. The predicted molar refractivity (Wildman–Crippen MR) is 73.7 cm³/mol. The Balaban J connectivity index is 1.83. The van der Waals surface area contributed by atoms with Crippen molar-refractivity contribution >= 4 is 28.3 Å². The molecule has 0 fully saturated rings. The van der Waals surface area contributed by atoms with Crippen LogP contribution in [-0.2, 0) is 16.0 Å². The van der Waals surface area contributed by atoms with Gasteiger partial charge >= 0.3 is 5.97 Å². The van der Waals surface area contributed by atoms with Crippen LogP contribution in [0.4, 0.5) is 5.13 Å². The van der Waals surface area contributed by atoms with Gasteiger partial charge in [-0.2, -0.15) is 0 Å². The van der Waals surface area contributed by atoms with Crippen molar-refractivity contribution in [3.05, 3.63) is 35.2 Å². The maximum absolute atomic E-state index is 11.8. The Morgan fingerprint density at radius 2 is 2.35 bits per heavy atom. The second-order valence-electron chi connectivity index (χ2n) is 4.04. The van der Waals surface area contributed by atoms with E-state index in [0.29, 0.717) is 30.0 Å². The monoisotopic (exact) mass is 294 g/mol. The van der Waals surface area contributed by atoms with E-state index in [1.807, 2.05) is 5.38 Å². The second kappa shape index (κ2) is 6.85. The van der Waals surface area contributed by atoms with Crippen molar-refractivity contribution in [1.29, 1.82) is 0 Å². The van der Waals surface area contributed by atoms with E-state index in [4.69, 9.17) is 4.42 Å². The highest BCUT2D eigenvalue weighted by atomic mass is 32.1. The number of methoxy groups -OCH3 is 1. The van der Waals surface area contributed by atoms with Gasteiger partial charge in [0.1, 0.15) is 6.26 Å². The van der Waals surface area contributed by atoms with Gasteiger partial charge in [0.15, 0.2) is 5.13 Å². The molecule has 2 heterocycles. The Kier molecular flexibility index (Phi) is 4.89. The van der Waals surface area contributed by atoms with Gasteiger partial charge in [0.2, 0.25) is 0 Å². The van der Waals surface area contributed by atoms with E-state index < -0.39 is 0 Å². The smallest absolute Gasteiger partial charge is 0.305 e. The number of carbonyl (C=O) groups is 2. The summed E-state index contributed by atoms with van der Waals surface area (Å²) in [6.45, 7) is 0. The highest BCUT2D eigenvalue weighted by Crippen LogP contribution is 2.18. The molecule has 0 aliphatic rings. The molecule has 0 aliphatic carbocycles. The van der Waals surface area contributed by atoms with Crippen molar-refractivity contribution in [1.82, 2.24) is 4.98 Å². The summed E-state index contributed by atoms with van der Waals surface area (Å²) < 4.78 is 9.41. The molecular weight excluding hydrogens is 280 g/mol. The third-order valence-electron chi connectivity index (χ3n) is 2.60. The molecule has 2 aromatic rings. The minimum Gasteiger partial charge on any atom is -0.472 e. The maximum Gasteiger partial charge on any atom is 0.305 e. The van der Waals surface area contributed by atoms with Crippen molar-refractivity contribution < 1.29 is 18.7 Å². The standard InChI is InChI=1S/C13H14N2O4S/c1-18-11(16)4-2-3-10-8-20-13(14-10)15-12(17)9-5-6-19-7-9/h5-8H,2-4H2,1H3,(H,14,15,17). The van der Waals surface area contributed by atoms with Crippen LogP contribution >= 0.6 is 11.3 Å². The molecule has 2 aromatic heterocycles. The van der Waals surface area contributed by atoms with Gasteiger partial charge in [-0.1, -0.05) is 0 Å². The molecule has 0 saturated carbocycles. The number of aryl methyl sites for hydroxylation is 1. The van der Waals surface area contributed by atoms with E-state index in [1.54, 1.807) is 6.07 Å². The highest BCUT2D eigenvalue weighted by Gasteiger charge is 2.10. The molecule has 1 amide bonds. The lowest BCUT2D eigenvalue weighted by atomic mass is 10.2. The fraction of sp³-hybridized carbons (Fsp3) is 0.308. The maximum atomic E-state index is 11.8. The minimum absolute atomic E-state index is 0.228. The average molecular weight is 294 g/mol. The van der Waals surface area contributed by atoms with Crippen molar-refractivity contribution in [2.75, 3.05) is 12.4 Å². The molecule has 7 heteroatoms. The largest absolute Gasteiger partial charge is 0.472 e. The molecule has 0 radical (unpaired) electrons. The molecule has 2 rings (SSSR count). The van der Waals surface area contributed by atoms with Gasteiger partial charge in [-0.15, -0.1) is 11.3 Å². The van der Waals surface area contributed by atoms with Gasteiger partial charge in [0.25, 0.3) is 5.91 Å². The number of amides is 1. The molecule has 0 spiro atoms. The SMILES string of the molecule is COC(=O)CCCc1csc(NC(=O)c2ccoc2)n1. The van der Waals surface area contributed by atoms with E-state index in [1.165, 1.54) is 31.0 Å². The molecule has 1 N–H and O–H groups in total. The van der Waals surface area contributed by atoms with Gasteiger partial charge in [-0.25, -0.2) is 4.98 Å². The van der Waals surface area contributed by atoms with Crippen LogP contribution in [0.3, 0.4) is 0 Å². The summed E-state index contributed by atoms with van der Waals surface area (Å²) >= 11 is 1.35. The minimum atomic E-state index is -0.255. The van der Waals surface area contributed by atoms with Crippen LogP contribution in [-0.4, -0.2) is 24.0 Å². The van der Waals surface area contributed by atoms with Crippen molar-refractivity contribution in [3.8, 4) is 0 Å². The third-order valence-corrected chi connectivity index (χ3v) is 3.40. The molecule has 0 unspecified atom stereocenters. The zero-order valence-electron chi connectivity index (χ0n) is 10.9. The van der Waals surface area contributed by atoms with Crippen LogP contribution < -0.4 is 5.32 Å². The Labute approximate surface area is 119 Å². The van der Waals surface area contributed by atoms with Crippen LogP contribution in [0.2, 0.25) is 0 Å². The third kappa shape index (κ3) is 3.92. The fourth-order valence-electron chi connectivity index (χ4n) is 1.56. The first-order chi connectivity index (χ1) is 9.69. The first kappa shape index (κ1) is 14.3. The molecule has 106 valence electrons. The van der Waals surface area contributed by atoms with Gasteiger partial charge in [0.05, 0.1) is 24.6 Å². The fourth-order valence-corrected chi connectivity index (χ4v) is 2.30. The van der Waals surface area contributed by atoms with E-state index in [9.17, 15) is 9.59 Å². The summed E-state index contributed by atoms with van der Waals surface area (Å²) in [5.41, 5.74) is 1.30. The van der Waals surface area contributed by atoms with E-state index in [-0.39, 0.29) is 11.9 Å². The molecule has 0 aliphatic heterocycles. The molecular formula is C13H14N2O4S. The van der Waals surface area contributed by atoms with Crippen LogP contribution in [0.15, 0.2) is 28.4 Å². The molecule has 0 saturated heterocycles. The van der Waals surface area contributed by atoms with E-state index in [2.05, 4.69) is 15.0 Å². The molecule has 0 atom stereocenters. The number of thiazole rings is 1. The number of rotatable bonds is 6. The van der Waals surface area contributed by atoms with E-state index >= 15 is 0 Å². The highest BCUT2D eigenvalue weighted by molar-refractivity contribution is 7.13. The summed E-state index contributed by atoms with van der Waals surface area (Å²) in [7, 11) is 1.37. The summed E-state index contributed by atoms with van der Waals surface area (Å²) in [5, 5.41) is 5.09. The average Bonchev–Trinajstić information content (AvgIpc) is 3.10. The number of nitrogens with zero attached hydrogens (tertiary/aromatic N) is 1. The first-order valence-corrected chi connectivity index (χ1v) is 6.92. The van der Waals surface area contributed by atoms with Gasteiger partial charge in [-0.3, -0.25) is 14.9 Å². The number of esters is 1. The number of aromatic nitrogens is 1. The molecule has 0 aromatic carbocycles. The van der Waals surface area contributed by atoms with Crippen LogP contribution in [0, 0.1) is 0 Å². The first-order valence-electron chi connectivity index (χ1n) is 6.04. The Morgan fingerprint density at radius 3 is 3.05 bits per heavy atom. The normalized spacial score (nSPS) is 10.2. The van der Waals surface area contributed by atoms with Crippen molar-refractivity contribution in [2.24, 2.45) is 0 Å². The van der Waals surface area contributed by atoms with Crippen molar-refractivity contribution in [3.63, 3.8) is 0 Å². The number of anilines is 1. The Morgan fingerprint density at radius 1 is 1.50 bits per heavy atom. The number of hydrogen-bond acceptors (Lipinski definition) is 6. The number of ether oxygens (including phenoxy) is 1. The predicted octanol–water partition coefficient (Wildman–Crippen LogP) is 2.48. The molecule has 20 heavy (non-hydrogen) atoms. The zero-order valence-corrected chi connectivity index (χ0v) is 11.7. The lowest BCUT2D eigenvalue weighted by Gasteiger charge is -1.98. The van der Waals surface area contributed by atoms with Gasteiger partial charge < -0.3 is 9.15 Å². The number of nitrogens with one attached hydrogen (secondary N) is 1. The molecule has 0 bridgehead atoms. The lowest BCUT2D eigenvalue weighted by Crippen LogP contribution is -2.10. The summed E-state index contributed by atoms with van der Waals surface area (Å²) in [6, 6.07) is 1.58. The summed E-state index contributed by atoms with van der Waals surface area (Å²) in [4.78, 5) is 27.0. The van der Waals surface area contributed by atoms with Gasteiger partial charge in [0, 0.05) is 11.8 Å². The number of hydrogen-bond donors (Lipinski definition) is 1. The van der Waals surface area contributed by atoms with Crippen molar-refractivity contribution in [2.45, 2.75) is 19.3 Å². The zero-order chi connectivity index (χ0) is 14.4. The second-order valence-corrected chi connectivity index (χ2v) is 4.90. The summed E-state index contributed by atoms with van der Waals surface area (Å²) in [5.74, 6) is -0.483. The van der Waals surface area contributed by atoms with Crippen LogP contribution in [0.1, 0.15) is 28.9 Å². The van der Waals surface area contributed by atoms with E-state index in [0.717, 1.165) is 5.69 Å². The Hall–Kier alpha value is -2.15. The van der Waals surface area contributed by atoms with Gasteiger partial charge in [-0.05, 0) is 18.9 Å².